The van der Waals surface area contributed by atoms with E-state index < -0.39 is 10.2 Å². The van der Waals surface area contributed by atoms with Gasteiger partial charge in [-0.05, 0) is 29.0 Å². The van der Waals surface area contributed by atoms with Crippen molar-refractivity contribution in [2.75, 3.05) is 0 Å². The molecule has 1 aromatic heterocycles. The van der Waals surface area contributed by atoms with E-state index in [0.29, 0.717) is 0 Å². The van der Waals surface area contributed by atoms with Crippen molar-refractivity contribution in [2.45, 2.75) is 6.42 Å². The van der Waals surface area contributed by atoms with Crippen LogP contribution in [0.25, 0.3) is 11.3 Å². The van der Waals surface area contributed by atoms with Crippen LogP contribution in [0, 0.1) is 10.2 Å². The molecule has 2 aromatic carbocycles. The monoisotopic (exact) mass is 352 g/mol. The van der Waals surface area contributed by atoms with E-state index >= 15 is 0 Å². The van der Waals surface area contributed by atoms with Gasteiger partial charge in [-0.25, -0.2) is 18.6 Å². The van der Waals surface area contributed by atoms with E-state index in [4.69, 9.17) is 23.1 Å². The average Bonchev–Trinajstić information content (AvgIpc) is 2.96. The predicted octanol–water partition coefficient (Wildman–Crippen LogP) is 0.124. The maximum Gasteiger partial charge on any atom is 0.390 e. The fraction of sp³-hybridized carbons (Fsp3) is 0.0625. The Bertz CT molecular complexity index is 704. The van der Waals surface area contributed by atoms with E-state index in [0.717, 1.165) is 22.8 Å². The first-order valence-electron chi connectivity index (χ1n) is 6.53. The lowest BCUT2D eigenvalue weighted by Crippen LogP contribution is -2.68. The molecule has 0 saturated carbocycles. The smallest absolute Gasteiger partial charge is 0.222 e. The van der Waals surface area contributed by atoms with E-state index in [1.807, 2.05) is 24.3 Å². The highest BCUT2D eigenvalue weighted by atomic mass is 35.7. The fourth-order valence-electron chi connectivity index (χ4n) is 1.86. The summed E-state index contributed by atoms with van der Waals surface area (Å²) in [5.41, 5.74) is 2.41. The van der Waals surface area contributed by atoms with E-state index in [1.165, 1.54) is 5.56 Å². The van der Waals surface area contributed by atoms with Gasteiger partial charge < -0.3 is 0 Å². The lowest BCUT2D eigenvalue weighted by atomic mass is 10.2. The van der Waals surface area contributed by atoms with Crippen LogP contribution in [0.3, 0.4) is 0 Å². The van der Waals surface area contributed by atoms with Crippen LogP contribution < -0.4 is 18.6 Å². The molecule has 0 bridgehead atoms. The molecule has 7 heteroatoms. The molecule has 0 amide bonds. The molecular weight excluding hydrogens is 340 g/mol. The Kier molecular flexibility index (Phi) is 6.23. The van der Waals surface area contributed by atoms with Gasteiger partial charge in [0.15, 0.2) is 0 Å². The molecule has 0 spiro atoms. The second-order valence-electron chi connectivity index (χ2n) is 4.48. The van der Waals surface area contributed by atoms with E-state index in [9.17, 15) is 0 Å². The summed E-state index contributed by atoms with van der Waals surface area (Å²) >= 11 is 1.67. The number of benzene rings is 2. The van der Waals surface area contributed by atoms with Crippen molar-refractivity contribution >= 4 is 11.3 Å². The van der Waals surface area contributed by atoms with Gasteiger partial charge in [0.2, 0.25) is 0 Å². The van der Waals surface area contributed by atoms with Gasteiger partial charge in [-0.2, -0.15) is 4.42 Å². The summed E-state index contributed by atoms with van der Waals surface area (Å²) in [7, 11) is -4.94. The minimum absolute atomic E-state index is 0.859. The van der Waals surface area contributed by atoms with Gasteiger partial charge in [-0.15, -0.1) is 10.2 Å². The van der Waals surface area contributed by atoms with Crippen molar-refractivity contribution in [2.24, 2.45) is 0 Å². The standard InChI is InChI=1S/C16H13OS.ClHO4/c1-3-7-13(8-4-1)11-16-17-15(12-18-16)14-9-5-2-6-10-14;2-1(3,4)5/h1-10,12H,11H2;(H,2,3,4,5)/q+1;/p-1. The van der Waals surface area contributed by atoms with Crippen LogP contribution in [0.2, 0.25) is 0 Å². The van der Waals surface area contributed by atoms with Crippen LogP contribution in [-0.4, -0.2) is 0 Å². The first-order chi connectivity index (χ1) is 10.9. The highest BCUT2D eigenvalue weighted by molar-refractivity contribution is 7.09. The van der Waals surface area contributed by atoms with E-state index in [-0.39, 0.29) is 0 Å². The maximum absolute atomic E-state index is 8.49. The summed E-state index contributed by atoms with van der Waals surface area (Å²) in [5.74, 6) is 0.950. The second-order valence-corrected chi connectivity index (χ2v) is 6.16. The van der Waals surface area contributed by atoms with Crippen molar-refractivity contribution in [1.82, 2.24) is 0 Å². The van der Waals surface area contributed by atoms with Gasteiger partial charge in [0.25, 0.3) is 0 Å². The molecule has 0 saturated heterocycles. The summed E-state index contributed by atoms with van der Waals surface area (Å²) in [4.78, 5) is 0. The summed E-state index contributed by atoms with van der Waals surface area (Å²) in [6, 6.07) is 20.6. The zero-order valence-corrected chi connectivity index (χ0v) is 13.5. The number of halogens is 1. The topological polar surface area (TPSA) is 104 Å². The highest BCUT2D eigenvalue weighted by Gasteiger charge is 2.18. The lowest BCUT2D eigenvalue weighted by Gasteiger charge is -2.17. The summed E-state index contributed by atoms with van der Waals surface area (Å²) < 4.78 is 39.9. The van der Waals surface area contributed by atoms with Gasteiger partial charge in [0, 0.05) is 0 Å². The van der Waals surface area contributed by atoms with Gasteiger partial charge in [-0.1, -0.05) is 48.5 Å². The molecule has 0 aliphatic carbocycles. The zero-order chi connectivity index (χ0) is 16.7. The van der Waals surface area contributed by atoms with Crippen LogP contribution in [0.5, 0.6) is 0 Å². The van der Waals surface area contributed by atoms with Crippen LogP contribution >= 0.6 is 11.3 Å². The van der Waals surface area contributed by atoms with E-state index in [2.05, 4.69) is 41.8 Å². The number of hydrogen-bond donors (Lipinski definition) is 0. The van der Waals surface area contributed by atoms with Crippen molar-refractivity contribution < 1.29 is 33.3 Å². The normalized spacial score (nSPS) is 10.8. The molecule has 3 aromatic rings. The zero-order valence-electron chi connectivity index (χ0n) is 11.9. The molecule has 0 aliphatic heterocycles. The molecule has 0 aliphatic rings. The first kappa shape index (κ1) is 17.6. The molecule has 0 atom stereocenters. The molecule has 23 heavy (non-hydrogen) atoms. The maximum atomic E-state index is 8.49. The fourth-order valence-corrected chi connectivity index (χ4v) is 2.67. The van der Waals surface area contributed by atoms with Crippen LogP contribution in [-0.2, 0) is 6.42 Å². The Labute approximate surface area is 139 Å². The molecule has 0 N–H and O–H groups in total. The van der Waals surface area contributed by atoms with Gasteiger partial charge >= 0.3 is 10.8 Å². The van der Waals surface area contributed by atoms with Crippen molar-refractivity contribution in [3.05, 3.63) is 76.7 Å². The van der Waals surface area contributed by atoms with Crippen molar-refractivity contribution in [3.8, 4) is 11.3 Å². The van der Waals surface area contributed by atoms with Gasteiger partial charge in [-0.3, -0.25) is 0 Å². The van der Waals surface area contributed by atoms with Crippen LogP contribution in [0.4, 0.5) is 0 Å². The second kappa shape index (κ2) is 8.16. The predicted molar refractivity (Wildman–Crippen MR) is 75.7 cm³/mol. The quantitative estimate of drug-likeness (QED) is 0.623. The molecule has 0 radical (unpaired) electrons. The molecule has 0 unspecified atom stereocenters. The molecule has 5 nitrogen and oxygen atoms in total. The van der Waals surface area contributed by atoms with Crippen LogP contribution in [0.1, 0.15) is 10.6 Å². The van der Waals surface area contributed by atoms with Gasteiger partial charge in [0.1, 0.15) is 5.38 Å². The minimum Gasteiger partial charge on any atom is -0.222 e. The SMILES string of the molecule is [O-][Cl+3]([O-])([O-])[O-].c1ccc(Cc2[o+]c(-c3ccccc3)cs2)cc1. The summed E-state index contributed by atoms with van der Waals surface area (Å²) in [6.07, 6.45) is 0.859. The Morgan fingerprint density at radius 2 is 1.35 bits per heavy atom. The molecule has 3 rings (SSSR count). The number of rotatable bonds is 3. The molecule has 120 valence electrons. The largest absolute Gasteiger partial charge is 0.390 e. The molecular formula is C16H13ClO5S. The Morgan fingerprint density at radius 1 is 0.826 bits per heavy atom. The van der Waals surface area contributed by atoms with Crippen molar-refractivity contribution in [3.63, 3.8) is 0 Å². The minimum atomic E-state index is -4.94. The highest BCUT2D eigenvalue weighted by Crippen LogP contribution is 2.26. The average molecular weight is 353 g/mol. The third-order valence-corrected chi connectivity index (χ3v) is 3.59. The summed E-state index contributed by atoms with van der Waals surface area (Å²) in [6.45, 7) is 0. The van der Waals surface area contributed by atoms with Gasteiger partial charge in [0.05, 0.1) is 12.0 Å². The molecule has 0 fully saturated rings. The third-order valence-electron chi connectivity index (χ3n) is 2.77. The Hall–Kier alpha value is -1.80. The number of hydrogen-bond acceptors (Lipinski definition) is 5. The van der Waals surface area contributed by atoms with Crippen molar-refractivity contribution in [1.29, 1.82) is 0 Å². The first-order valence-corrected chi connectivity index (χ1v) is 8.65. The van der Waals surface area contributed by atoms with E-state index in [1.54, 1.807) is 11.3 Å². The van der Waals surface area contributed by atoms with Crippen LogP contribution in [0.15, 0.2) is 70.5 Å². The lowest BCUT2D eigenvalue weighted by molar-refractivity contribution is -2.00. The summed E-state index contributed by atoms with van der Waals surface area (Å²) in [5, 5.41) is 3.12. The molecule has 1 heterocycles. The third kappa shape index (κ3) is 6.87. The Morgan fingerprint density at radius 3 is 1.91 bits per heavy atom. The Balaban J connectivity index is 0.000000338.